The van der Waals surface area contributed by atoms with Crippen molar-refractivity contribution in [2.45, 2.75) is 18.4 Å². The Kier molecular flexibility index (Phi) is 6.10. The maximum Gasteiger partial charge on any atom is 0.261 e. The minimum atomic E-state index is -4.11. The highest BCUT2D eigenvalue weighted by Gasteiger charge is 2.17. The SMILES string of the molecule is Cc1nc2ccccc2n1CCNC(=O)c1ccc(NS(=O)(=O)c2ccc(F)c(F)c2)cc1. The second-order valence-electron chi connectivity index (χ2n) is 7.31. The molecule has 33 heavy (non-hydrogen) atoms. The van der Waals surface area contributed by atoms with Crippen LogP contribution in [-0.2, 0) is 16.6 Å². The molecule has 0 fully saturated rings. The highest BCUT2D eigenvalue weighted by molar-refractivity contribution is 7.92. The molecule has 0 aliphatic heterocycles. The molecule has 0 saturated heterocycles. The van der Waals surface area contributed by atoms with Crippen LogP contribution < -0.4 is 10.0 Å². The lowest BCUT2D eigenvalue weighted by molar-refractivity contribution is 0.0952. The summed E-state index contributed by atoms with van der Waals surface area (Å²) in [4.78, 5) is 16.5. The third-order valence-electron chi connectivity index (χ3n) is 5.07. The molecule has 7 nitrogen and oxygen atoms in total. The average Bonchev–Trinajstić information content (AvgIpc) is 3.11. The van der Waals surface area contributed by atoms with E-state index in [1.807, 2.05) is 35.8 Å². The number of amides is 1. The molecule has 0 unspecified atom stereocenters. The van der Waals surface area contributed by atoms with E-state index < -0.39 is 26.6 Å². The average molecular weight is 471 g/mol. The fourth-order valence-corrected chi connectivity index (χ4v) is 4.48. The number of anilines is 1. The van der Waals surface area contributed by atoms with Gasteiger partial charge in [-0.1, -0.05) is 12.1 Å². The van der Waals surface area contributed by atoms with E-state index in [9.17, 15) is 22.0 Å². The van der Waals surface area contributed by atoms with Crippen LogP contribution in [0.25, 0.3) is 11.0 Å². The van der Waals surface area contributed by atoms with Gasteiger partial charge in [0.25, 0.3) is 15.9 Å². The number of fused-ring (bicyclic) bond motifs is 1. The molecule has 170 valence electrons. The van der Waals surface area contributed by atoms with Crippen LogP contribution in [0.3, 0.4) is 0 Å². The minimum Gasteiger partial charge on any atom is -0.350 e. The molecule has 3 aromatic carbocycles. The lowest BCUT2D eigenvalue weighted by Gasteiger charge is -2.10. The number of imidazole rings is 1. The van der Waals surface area contributed by atoms with Crippen molar-refractivity contribution >= 4 is 32.7 Å². The number of para-hydroxylation sites is 2. The van der Waals surface area contributed by atoms with Crippen LogP contribution >= 0.6 is 0 Å². The maximum absolute atomic E-state index is 13.4. The van der Waals surface area contributed by atoms with Crippen LogP contribution in [-0.4, -0.2) is 30.4 Å². The van der Waals surface area contributed by atoms with E-state index >= 15 is 0 Å². The molecule has 4 rings (SSSR count). The summed E-state index contributed by atoms with van der Waals surface area (Å²) in [5.74, 6) is -1.86. The van der Waals surface area contributed by atoms with E-state index in [2.05, 4.69) is 15.0 Å². The first-order valence-corrected chi connectivity index (χ1v) is 11.5. The summed E-state index contributed by atoms with van der Waals surface area (Å²) in [6, 6.07) is 15.8. The first kappa shape index (κ1) is 22.4. The van der Waals surface area contributed by atoms with Crippen LogP contribution in [0.4, 0.5) is 14.5 Å². The van der Waals surface area contributed by atoms with Gasteiger partial charge in [-0.25, -0.2) is 22.2 Å². The number of carbonyl (C=O) groups excluding carboxylic acids is 1. The lowest BCUT2D eigenvalue weighted by atomic mass is 10.2. The number of benzene rings is 3. The Hall–Kier alpha value is -3.79. The number of hydrogen-bond donors (Lipinski definition) is 2. The van der Waals surface area contributed by atoms with Crippen LogP contribution in [0.15, 0.2) is 71.6 Å². The predicted molar refractivity (Wildman–Crippen MR) is 120 cm³/mol. The van der Waals surface area contributed by atoms with Crippen molar-refractivity contribution in [2.75, 3.05) is 11.3 Å². The highest BCUT2D eigenvalue weighted by atomic mass is 32.2. The Balaban J connectivity index is 1.38. The Labute approximate surface area is 189 Å². The number of hydrogen-bond acceptors (Lipinski definition) is 4. The van der Waals surface area contributed by atoms with Crippen molar-refractivity contribution < 1.29 is 22.0 Å². The lowest BCUT2D eigenvalue weighted by Crippen LogP contribution is -2.27. The van der Waals surface area contributed by atoms with Gasteiger partial charge in [-0.2, -0.15) is 0 Å². The monoisotopic (exact) mass is 470 g/mol. The summed E-state index contributed by atoms with van der Waals surface area (Å²) in [7, 11) is -4.11. The zero-order chi connectivity index (χ0) is 23.6. The van der Waals surface area contributed by atoms with Gasteiger partial charge >= 0.3 is 0 Å². The zero-order valence-electron chi connectivity index (χ0n) is 17.5. The van der Waals surface area contributed by atoms with Crippen LogP contribution in [0.5, 0.6) is 0 Å². The Bertz CT molecular complexity index is 1430. The summed E-state index contributed by atoms with van der Waals surface area (Å²) in [5, 5.41) is 2.83. The molecule has 0 atom stereocenters. The van der Waals surface area contributed by atoms with Crippen molar-refractivity contribution in [1.82, 2.24) is 14.9 Å². The van der Waals surface area contributed by atoms with E-state index in [0.29, 0.717) is 24.7 Å². The van der Waals surface area contributed by atoms with Gasteiger partial charge in [0.05, 0.1) is 15.9 Å². The fraction of sp³-hybridized carbons (Fsp3) is 0.130. The molecule has 2 N–H and O–H groups in total. The standard InChI is InChI=1S/C23H20F2N4O3S/c1-15-27-21-4-2-3-5-22(21)29(15)13-12-26-23(30)16-6-8-17(9-7-16)28-33(31,32)18-10-11-19(24)20(25)14-18/h2-11,14,28H,12-13H2,1H3,(H,26,30). The first-order valence-electron chi connectivity index (χ1n) is 10.0. The molecule has 1 aromatic heterocycles. The number of sulfonamides is 1. The highest BCUT2D eigenvalue weighted by Crippen LogP contribution is 2.19. The van der Waals surface area contributed by atoms with Crippen LogP contribution in [0.1, 0.15) is 16.2 Å². The summed E-state index contributed by atoms with van der Waals surface area (Å²) in [6.45, 7) is 2.83. The number of halogens is 2. The Morgan fingerprint density at radius 3 is 2.45 bits per heavy atom. The molecule has 0 spiro atoms. The molecule has 0 saturated carbocycles. The van der Waals surface area contributed by atoms with Crippen molar-refractivity contribution in [2.24, 2.45) is 0 Å². The van der Waals surface area contributed by atoms with E-state index in [1.54, 1.807) is 0 Å². The number of nitrogens with one attached hydrogen (secondary N) is 2. The molecule has 0 aliphatic rings. The predicted octanol–water partition coefficient (Wildman–Crippen LogP) is 3.85. The summed E-state index contributed by atoms with van der Waals surface area (Å²) < 4.78 is 55.5. The third kappa shape index (κ3) is 4.85. The normalized spacial score (nSPS) is 11.5. The number of carbonyl (C=O) groups is 1. The van der Waals surface area contributed by atoms with Gasteiger partial charge in [0.15, 0.2) is 11.6 Å². The van der Waals surface area contributed by atoms with Crippen LogP contribution in [0.2, 0.25) is 0 Å². The molecule has 1 heterocycles. The molecular weight excluding hydrogens is 450 g/mol. The van der Waals surface area contributed by atoms with Gasteiger partial charge in [0, 0.05) is 24.3 Å². The van der Waals surface area contributed by atoms with Crippen molar-refractivity contribution in [3.05, 3.63) is 89.8 Å². The summed E-state index contributed by atoms with van der Waals surface area (Å²) >= 11 is 0. The second-order valence-corrected chi connectivity index (χ2v) is 9.00. The molecule has 10 heteroatoms. The second kappa shape index (κ2) is 8.99. The fourth-order valence-electron chi connectivity index (χ4n) is 3.41. The van der Waals surface area contributed by atoms with Crippen molar-refractivity contribution in [3.63, 3.8) is 0 Å². The number of aromatic nitrogens is 2. The first-order chi connectivity index (χ1) is 15.7. The quantitative estimate of drug-likeness (QED) is 0.429. The van der Waals surface area contributed by atoms with Crippen molar-refractivity contribution in [1.29, 1.82) is 0 Å². The van der Waals surface area contributed by atoms with Gasteiger partial charge in [-0.3, -0.25) is 9.52 Å². The molecule has 0 radical (unpaired) electrons. The number of aryl methyl sites for hydroxylation is 1. The smallest absolute Gasteiger partial charge is 0.261 e. The number of rotatable bonds is 7. The molecule has 4 aromatic rings. The van der Waals surface area contributed by atoms with E-state index in [-0.39, 0.29) is 11.6 Å². The Morgan fingerprint density at radius 2 is 1.73 bits per heavy atom. The Morgan fingerprint density at radius 1 is 1.00 bits per heavy atom. The van der Waals surface area contributed by atoms with E-state index in [1.165, 1.54) is 24.3 Å². The van der Waals surface area contributed by atoms with E-state index in [4.69, 9.17) is 0 Å². The number of nitrogens with zero attached hydrogens (tertiary/aromatic N) is 2. The van der Waals surface area contributed by atoms with Gasteiger partial charge in [-0.15, -0.1) is 0 Å². The molecule has 0 aliphatic carbocycles. The largest absolute Gasteiger partial charge is 0.350 e. The third-order valence-corrected chi connectivity index (χ3v) is 6.45. The van der Waals surface area contributed by atoms with Gasteiger partial charge in [0.2, 0.25) is 0 Å². The molecular formula is C23H20F2N4O3S. The molecule has 1 amide bonds. The van der Waals surface area contributed by atoms with E-state index in [0.717, 1.165) is 29.0 Å². The minimum absolute atomic E-state index is 0.178. The summed E-state index contributed by atoms with van der Waals surface area (Å²) in [5.41, 5.74) is 2.40. The topological polar surface area (TPSA) is 93.1 Å². The van der Waals surface area contributed by atoms with Crippen LogP contribution in [0, 0.1) is 18.6 Å². The molecule has 0 bridgehead atoms. The summed E-state index contributed by atoms with van der Waals surface area (Å²) in [6.07, 6.45) is 0. The van der Waals surface area contributed by atoms with Crippen molar-refractivity contribution in [3.8, 4) is 0 Å². The van der Waals surface area contributed by atoms with Gasteiger partial charge < -0.3 is 9.88 Å². The zero-order valence-corrected chi connectivity index (χ0v) is 18.4. The van der Waals surface area contributed by atoms with Gasteiger partial charge in [0.1, 0.15) is 5.82 Å². The maximum atomic E-state index is 13.4. The van der Waals surface area contributed by atoms with Gasteiger partial charge in [-0.05, 0) is 61.5 Å².